The van der Waals surface area contributed by atoms with Gasteiger partial charge in [-0.15, -0.1) is 5.10 Å². The fourth-order valence-corrected chi connectivity index (χ4v) is 2.82. The molecule has 0 aliphatic carbocycles. The molecule has 4 rings (SSSR count). The molecule has 0 saturated carbocycles. The van der Waals surface area contributed by atoms with E-state index in [0.717, 1.165) is 43.3 Å². The molecule has 112 valence electrons. The number of aromatic nitrogens is 4. The summed E-state index contributed by atoms with van der Waals surface area (Å²) in [6.45, 7) is 3.82. The summed E-state index contributed by atoms with van der Waals surface area (Å²) in [4.78, 5) is 13.3. The van der Waals surface area contributed by atoms with Crippen LogP contribution in [0.1, 0.15) is 0 Å². The highest BCUT2D eigenvalue weighted by molar-refractivity contribution is 5.57. The minimum atomic E-state index is 0.303. The summed E-state index contributed by atoms with van der Waals surface area (Å²) in [7, 11) is 0. The fraction of sp³-hybridized carbons (Fsp3) is 0.267. The maximum Gasteiger partial charge on any atom is 0.240 e. The van der Waals surface area contributed by atoms with Crippen LogP contribution in [0.2, 0.25) is 0 Å². The number of nitrogens with zero attached hydrogens (tertiary/aromatic N) is 6. The molecular weight excluding hydrogens is 278 g/mol. The molecule has 4 heterocycles. The predicted molar refractivity (Wildman–Crippen MR) is 86.1 cm³/mol. The lowest BCUT2D eigenvalue weighted by atomic mass is 10.2. The largest absolute Gasteiger partial charge is 0.368 e. The van der Waals surface area contributed by atoms with Crippen LogP contribution in [0.5, 0.6) is 0 Å². The van der Waals surface area contributed by atoms with Crippen molar-refractivity contribution in [2.45, 2.75) is 0 Å². The number of nitrogens with two attached hydrogens (primary N) is 1. The lowest BCUT2D eigenvalue weighted by Crippen LogP contribution is -2.46. The lowest BCUT2D eigenvalue weighted by Gasteiger charge is -2.36. The van der Waals surface area contributed by atoms with Crippen LogP contribution >= 0.6 is 0 Å². The quantitative estimate of drug-likeness (QED) is 0.761. The van der Waals surface area contributed by atoms with Gasteiger partial charge < -0.3 is 15.5 Å². The molecule has 3 aromatic rings. The molecule has 7 heteroatoms. The van der Waals surface area contributed by atoms with Crippen LogP contribution in [-0.2, 0) is 0 Å². The number of hydrogen-bond acceptors (Lipinski definition) is 6. The molecule has 3 aromatic heterocycles. The van der Waals surface area contributed by atoms with Crippen molar-refractivity contribution >= 4 is 23.1 Å². The third-order valence-electron chi connectivity index (χ3n) is 3.96. The van der Waals surface area contributed by atoms with Gasteiger partial charge in [-0.05, 0) is 18.2 Å². The smallest absolute Gasteiger partial charge is 0.240 e. The van der Waals surface area contributed by atoms with Gasteiger partial charge in [0.25, 0.3) is 0 Å². The highest BCUT2D eigenvalue weighted by Gasteiger charge is 2.18. The highest BCUT2D eigenvalue weighted by atomic mass is 15.3. The standard InChI is InChI=1S/C15H17N7/c16-15-18-14-11-12(4-6-22(14)19-15)20-7-9-21(10-8-20)13-3-1-2-5-17-13/h1-6,11H,7-10H2,(H2,16,19). The Bertz CT molecular complexity index is 775. The Morgan fingerprint density at radius 3 is 2.59 bits per heavy atom. The molecule has 1 aliphatic rings. The van der Waals surface area contributed by atoms with Crippen molar-refractivity contribution in [1.82, 2.24) is 19.6 Å². The van der Waals surface area contributed by atoms with E-state index in [-0.39, 0.29) is 0 Å². The second-order valence-electron chi connectivity index (χ2n) is 5.32. The van der Waals surface area contributed by atoms with Crippen molar-refractivity contribution < 1.29 is 0 Å². The number of anilines is 3. The van der Waals surface area contributed by atoms with Crippen molar-refractivity contribution in [3.63, 3.8) is 0 Å². The number of fused-ring (bicyclic) bond motifs is 1. The van der Waals surface area contributed by atoms with Gasteiger partial charge in [0.2, 0.25) is 5.95 Å². The van der Waals surface area contributed by atoms with E-state index in [1.807, 2.05) is 30.6 Å². The molecule has 0 amide bonds. The summed E-state index contributed by atoms with van der Waals surface area (Å²) < 4.78 is 1.70. The molecule has 0 bridgehead atoms. The van der Waals surface area contributed by atoms with Crippen LogP contribution in [0.3, 0.4) is 0 Å². The normalized spacial score (nSPS) is 15.5. The van der Waals surface area contributed by atoms with Gasteiger partial charge in [-0.1, -0.05) is 6.07 Å². The Labute approximate surface area is 128 Å². The van der Waals surface area contributed by atoms with Crippen LogP contribution in [0.15, 0.2) is 42.7 Å². The third-order valence-corrected chi connectivity index (χ3v) is 3.96. The van der Waals surface area contributed by atoms with E-state index in [4.69, 9.17) is 5.73 Å². The molecule has 1 saturated heterocycles. The van der Waals surface area contributed by atoms with Crippen molar-refractivity contribution in [2.24, 2.45) is 0 Å². The van der Waals surface area contributed by atoms with Gasteiger partial charge in [0.1, 0.15) is 5.82 Å². The summed E-state index contributed by atoms with van der Waals surface area (Å²) in [6, 6.07) is 10.1. The van der Waals surface area contributed by atoms with Crippen LogP contribution in [0.25, 0.3) is 5.65 Å². The number of pyridine rings is 2. The molecule has 0 aromatic carbocycles. The molecule has 2 N–H and O–H groups in total. The zero-order valence-corrected chi connectivity index (χ0v) is 12.1. The van der Waals surface area contributed by atoms with Gasteiger partial charge in [0.15, 0.2) is 5.65 Å². The molecule has 0 atom stereocenters. The van der Waals surface area contributed by atoms with Gasteiger partial charge in [0.05, 0.1) is 0 Å². The Hall–Kier alpha value is -2.83. The molecule has 1 aliphatic heterocycles. The second-order valence-corrected chi connectivity index (χ2v) is 5.32. The van der Waals surface area contributed by atoms with E-state index in [0.29, 0.717) is 5.95 Å². The number of nitrogen functional groups attached to an aromatic ring is 1. The Kier molecular flexibility index (Phi) is 3.03. The van der Waals surface area contributed by atoms with E-state index in [2.05, 4.69) is 37.0 Å². The average molecular weight is 295 g/mol. The lowest BCUT2D eigenvalue weighted by molar-refractivity contribution is 0.647. The summed E-state index contributed by atoms with van der Waals surface area (Å²) in [5, 5.41) is 4.10. The minimum absolute atomic E-state index is 0.303. The molecule has 22 heavy (non-hydrogen) atoms. The second kappa shape index (κ2) is 5.18. The zero-order valence-electron chi connectivity index (χ0n) is 12.1. The van der Waals surface area contributed by atoms with Crippen LogP contribution < -0.4 is 15.5 Å². The topological polar surface area (TPSA) is 75.6 Å². The van der Waals surface area contributed by atoms with Gasteiger partial charge >= 0.3 is 0 Å². The van der Waals surface area contributed by atoms with Gasteiger partial charge in [-0.2, -0.15) is 4.98 Å². The third kappa shape index (κ3) is 2.30. The Morgan fingerprint density at radius 1 is 1.00 bits per heavy atom. The van der Waals surface area contributed by atoms with Crippen LogP contribution in [-0.4, -0.2) is 45.8 Å². The van der Waals surface area contributed by atoms with E-state index < -0.39 is 0 Å². The Balaban J connectivity index is 1.50. The molecule has 7 nitrogen and oxygen atoms in total. The SMILES string of the molecule is Nc1nc2cc(N3CCN(c4ccccn4)CC3)ccn2n1. The van der Waals surface area contributed by atoms with Crippen molar-refractivity contribution in [2.75, 3.05) is 41.7 Å². The van der Waals surface area contributed by atoms with E-state index in [1.54, 1.807) is 4.52 Å². The van der Waals surface area contributed by atoms with Gasteiger partial charge in [-0.3, -0.25) is 0 Å². The average Bonchev–Trinajstić information content (AvgIpc) is 2.95. The molecular formula is C15H17N7. The van der Waals surface area contributed by atoms with Crippen molar-refractivity contribution in [3.05, 3.63) is 42.7 Å². The maximum absolute atomic E-state index is 5.63. The van der Waals surface area contributed by atoms with Gasteiger partial charge in [0, 0.05) is 50.3 Å². The van der Waals surface area contributed by atoms with Crippen LogP contribution in [0.4, 0.5) is 17.5 Å². The summed E-state index contributed by atoms with van der Waals surface area (Å²) in [6.07, 6.45) is 3.74. The van der Waals surface area contributed by atoms with Crippen LogP contribution in [0, 0.1) is 0 Å². The number of hydrogen-bond donors (Lipinski definition) is 1. The monoisotopic (exact) mass is 295 g/mol. The zero-order chi connectivity index (χ0) is 14.9. The summed E-state index contributed by atoms with van der Waals surface area (Å²) in [5.41, 5.74) is 7.56. The fourth-order valence-electron chi connectivity index (χ4n) is 2.82. The molecule has 0 unspecified atom stereocenters. The first kappa shape index (κ1) is 12.9. The van der Waals surface area contributed by atoms with Gasteiger partial charge in [-0.25, -0.2) is 9.50 Å². The summed E-state index contributed by atoms with van der Waals surface area (Å²) >= 11 is 0. The van der Waals surface area contributed by atoms with E-state index in [9.17, 15) is 0 Å². The predicted octanol–water partition coefficient (Wildman–Crippen LogP) is 1.03. The van der Waals surface area contributed by atoms with Crippen molar-refractivity contribution in [3.8, 4) is 0 Å². The molecule has 0 radical (unpaired) electrons. The first-order valence-electron chi connectivity index (χ1n) is 7.32. The van der Waals surface area contributed by atoms with E-state index in [1.165, 1.54) is 0 Å². The maximum atomic E-state index is 5.63. The molecule has 1 fully saturated rings. The number of piperazine rings is 1. The highest BCUT2D eigenvalue weighted by Crippen LogP contribution is 2.20. The number of rotatable bonds is 2. The molecule has 0 spiro atoms. The first-order chi connectivity index (χ1) is 10.8. The Morgan fingerprint density at radius 2 is 1.82 bits per heavy atom. The minimum Gasteiger partial charge on any atom is -0.368 e. The van der Waals surface area contributed by atoms with Crippen molar-refractivity contribution in [1.29, 1.82) is 0 Å². The van der Waals surface area contributed by atoms with E-state index >= 15 is 0 Å². The summed E-state index contributed by atoms with van der Waals surface area (Å²) in [5.74, 6) is 1.35. The first-order valence-corrected chi connectivity index (χ1v) is 7.32.